The Hall–Kier alpha value is -4.73. The van der Waals surface area contributed by atoms with Crippen LogP contribution in [0.25, 0.3) is 0 Å². The molecule has 0 aromatic heterocycles. The van der Waals surface area contributed by atoms with Crippen LogP contribution in [0.2, 0.25) is 0 Å². The van der Waals surface area contributed by atoms with Gasteiger partial charge in [0.05, 0.1) is 27.4 Å². The first-order chi connectivity index (χ1) is 20.9. The number of carbonyl (C=O) groups is 1. The predicted molar refractivity (Wildman–Crippen MR) is 156 cm³/mol. The maximum atomic E-state index is 13.7. The average molecular weight is 585 g/mol. The molecule has 1 aliphatic carbocycles. The SMILES string of the molecule is COC(=O)[C@@H]1[C@@H](c2ccc3c(c2)OCO3)c2ccc(O)cc2[C@@]1(O)c1ccc(OC)cc1OCCOCc1ccccc1. The first-order valence-corrected chi connectivity index (χ1v) is 13.9. The van der Waals surface area contributed by atoms with Gasteiger partial charge < -0.3 is 38.6 Å². The van der Waals surface area contributed by atoms with Gasteiger partial charge in [0.15, 0.2) is 11.5 Å². The minimum atomic E-state index is -1.95. The highest BCUT2D eigenvalue weighted by Gasteiger charge is 2.58. The van der Waals surface area contributed by atoms with E-state index in [1.54, 1.807) is 36.4 Å². The summed E-state index contributed by atoms with van der Waals surface area (Å²) in [4.78, 5) is 13.7. The van der Waals surface area contributed by atoms with Crippen molar-refractivity contribution in [3.8, 4) is 28.7 Å². The maximum absolute atomic E-state index is 13.7. The lowest BCUT2D eigenvalue weighted by Crippen LogP contribution is -2.40. The van der Waals surface area contributed by atoms with Gasteiger partial charge in [-0.1, -0.05) is 42.5 Å². The lowest BCUT2D eigenvalue weighted by atomic mass is 9.76. The number of esters is 1. The molecule has 2 aliphatic rings. The van der Waals surface area contributed by atoms with Gasteiger partial charge in [-0.05, 0) is 58.7 Å². The van der Waals surface area contributed by atoms with Crippen molar-refractivity contribution in [3.63, 3.8) is 0 Å². The fourth-order valence-electron chi connectivity index (χ4n) is 6.00. The van der Waals surface area contributed by atoms with Gasteiger partial charge in [-0.25, -0.2) is 0 Å². The minimum Gasteiger partial charge on any atom is -0.508 e. The third kappa shape index (κ3) is 5.22. The molecular formula is C34H32O9. The van der Waals surface area contributed by atoms with Crippen LogP contribution in [0.5, 0.6) is 28.7 Å². The predicted octanol–water partition coefficient (Wildman–Crippen LogP) is 4.90. The van der Waals surface area contributed by atoms with E-state index in [1.165, 1.54) is 26.4 Å². The van der Waals surface area contributed by atoms with Gasteiger partial charge in [-0.2, -0.15) is 0 Å². The Labute approximate surface area is 249 Å². The van der Waals surface area contributed by atoms with Crippen molar-refractivity contribution in [2.45, 2.75) is 18.1 Å². The number of hydrogen-bond donors (Lipinski definition) is 2. The summed E-state index contributed by atoms with van der Waals surface area (Å²) in [6.07, 6.45) is 0. The zero-order chi connectivity index (χ0) is 30.0. The van der Waals surface area contributed by atoms with Crippen LogP contribution in [0.15, 0.2) is 84.9 Å². The number of phenols is 1. The van der Waals surface area contributed by atoms with E-state index in [0.29, 0.717) is 51.9 Å². The number of aromatic hydroxyl groups is 1. The quantitative estimate of drug-likeness (QED) is 0.199. The number of aliphatic hydroxyl groups is 1. The highest BCUT2D eigenvalue weighted by molar-refractivity contribution is 5.81. The smallest absolute Gasteiger partial charge is 0.313 e. The summed E-state index contributed by atoms with van der Waals surface area (Å²) in [5.41, 5.74) is 1.14. The summed E-state index contributed by atoms with van der Waals surface area (Å²) in [5, 5.41) is 23.4. The van der Waals surface area contributed by atoms with Gasteiger partial charge in [0, 0.05) is 17.5 Å². The van der Waals surface area contributed by atoms with Crippen LogP contribution in [-0.4, -0.2) is 50.4 Å². The van der Waals surface area contributed by atoms with Crippen molar-refractivity contribution >= 4 is 5.97 Å². The van der Waals surface area contributed by atoms with Crippen LogP contribution in [0, 0.1) is 5.92 Å². The summed E-state index contributed by atoms with van der Waals surface area (Å²) in [6.45, 7) is 0.972. The zero-order valence-corrected chi connectivity index (χ0v) is 23.8. The van der Waals surface area contributed by atoms with E-state index >= 15 is 0 Å². The molecule has 0 radical (unpaired) electrons. The van der Waals surface area contributed by atoms with Gasteiger partial charge in [-0.15, -0.1) is 0 Å². The fraction of sp³-hybridized carbons (Fsp3) is 0.265. The van der Waals surface area contributed by atoms with Gasteiger partial charge in [0.1, 0.15) is 35.4 Å². The van der Waals surface area contributed by atoms with E-state index in [-0.39, 0.29) is 25.8 Å². The van der Waals surface area contributed by atoms with Crippen LogP contribution in [0.3, 0.4) is 0 Å². The second-order valence-electron chi connectivity index (χ2n) is 10.4. The van der Waals surface area contributed by atoms with Gasteiger partial charge in [0.2, 0.25) is 6.79 Å². The van der Waals surface area contributed by atoms with E-state index in [9.17, 15) is 15.0 Å². The molecule has 0 unspecified atom stereocenters. The molecule has 1 aliphatic heterocycles. The van der Waals surface area contributed by atoms with E-state index in [4.69, 9.17) is 28.4 Å². The minimum absolute atomic E-state index is 0.0579. The number of rotatable bonds is 10. The van der Waals surface area contributed by atoms with Crippen LogP contribution in [0.1, 0.15) is 33.7 Å². The highest BCUT2D eigenvalue weighted by Crippen LogP contribution is 2.58. The van der Waals surface area contributed by atoms with E-state index in [0.717, 1.165) is 5.56 Å². The molecule has 4 aromatic carbocycles. The number of carbonyl (C=O) groups excluding carboxylic acids is 1. The molecule has 1 heterocycles. The third-order valence-corrected chi connectivity index (χ3v) is 7.97. The largest absolute Gasteiger partial charge is 0.508 e. The molecule has 3 atom stereocenters. The number of phenolic OH excluding ortho intramolecular Hbond substituents is 1. The molecule has 43 heavy (non-hydrogen) atoms. The average Bonchev–Trinajstić information content (AvgIpc) is 3.61. The number of ether oxygens (including phenoxy) is 6. The highest BCUT2D eigenvalue weighted by atomic mass is 16.7. The maximum Gasteiger partial charge on any atom is 0.313 e. The molecule has 9 nitrogen and oxygen atoms in total. The first kappa shape index (κ1) is 28.4. The van der Waals surface area contributed by atoms with E-state index in [1.807, 2.05) is 36.4 Å². The molecule has 9 heteroatoms. The monoisotopic (exact) mass is 584 g/mol. The lowest BCUT2D eigenvalue weighted by molar-refractivity contribution is -0.153. The molecule has 0 spiro atoms. The Morgan fingerprint density at radius 2 is 1.72 bits per heavy atom. The van der Waals surface area contributed by atoms with Gasteiger partial charge in [-0.3, -0.25) is 4.79 Å². The van der Waals surface area contributed by atoms with Gasteiger partial charge >= 0.3 is 5.97 Å². The molecule has 0 amide bonds. The molecule has 2 N–H and O–H groups in total. The summed E-state index contributed by atoms with van der Waals surface area (Å²) in [6, 6.07) is 25.0. The zero-order valence-electron chi connectivity index (χ0n) is 23.8. The summed E-state index contributed by atoms with van der Waals surface area (Å²) in [5.74, 6) is -0.528. The van der Waals surface area contributed by atoms with E-state index in [2.05, 4.69) is 0 Å². The molecule has 0 bridgehead atoms. The Morgan fingerprint density at radius 1 is 0.907 bits per heavy atom. The number of fused-ring (bicyclic) bond motifs is 2. The standard InChI is InChI=1S/C34H32O9/c1-38-24-10-12-26(29(18-24)41-15-14-40-19-21-6-4-3-5-7-21)34(37)27-17-23(35)9-11-25(27)31(32(34)33(36)39-2)22-8-13-28-30(16-22)43-20-42-28/h3-13,16-18,31-32,35,37H,14-15,19-20H2,1-2H3/t31-,32-,34-/m0/s1. The molecule has 0 saturated heterocycles. The van der Waals surface area contributed by atoms with E-state index < -0.39 is 23.4 Å². The normalized spacial score (nSPS) is 20.0. The van der Waals surface area contributed by atoms with Gasteiger partial charge in [0.25, 0.3) is 0 Å². The molecular weight excluding hydrogens is 552 g/mol. The third-order valence-electron chi connectivity index (χ3n) is 7.97. The topological polar surface area (TPSA) is 113 Å². The fourth-order valence-corrected chi connectivity index (χ4v) is 6.00. The number of hydrogen-bond acceptors (Lipinski definition) is 9. The van der Waals surface area contributed by atoms with Crippen molar-refractivity contribution in [1.29, 1.82) is 0 Å². The molecule has 0 fully saturated rings. The Morgan fingerprint density at radius 3 is 2.51 bits per heavy atom. The summed E-state index contributed by atoms with van der Waals surface area (Å²) < 4.78 is 33.8. The van der Waals surface area contributed by atoms with Crippen molar-refractivity contribution in [3.05, 3.63) is 113 Å². The Kier molecular flexibility index (Phi) is 7.84. The number of benzene rings is 4. The second kappa shape index (κ2) is 11.9. The second-order valence-corrected chi connectivity index (χ2v) is 10.4. The van der Waals surface area contributed by atoms with Crippen molar-refractivity contribution in [2.75, 3.05) is 34.2 Å². The first-order valence-electron chi connectivity index (χ1n) is 13.9. The molecule has 0 saturated carbocycles. The van der Waals surface area contributed by atoms with Crippen molar-refractivity contribution in [2.24, 2.45) is 5.92 Å². The van der Waals surface area contributed by atoms with Crippen LogP contribution in [-0.2, 0) is 26.5 Å². The lowest BCUT2D eigenvalue weighted by Gasteiger charge is -2.33. The molecule has 6 rings (SSSR count). The van der Waals surface area contributed by atoms with Crippen molar-refractivity contribution < 1.29 is 43.4 Å². The summed E-state index contributed by atoms with van der Waals surface area (Å²) >= 11 is 0. The molecule has 222 valence electrons. The van der Waals surface area contributed by atoms with Crippen molar-refractivity contribution in [1.82, 2.24) is 0 Å². The molecule has 4 aromatic rings. The van der Waals surface area contributed by atoms with Crippen LogP contribution < -0.4 is 18.9 Å². The Bertz CT molecular complexity index is 1620. The Balaban J connectivity index is 1.40. The summed E-state index contributed by atoms with van der Waals surface area (Å²) in [7, 11) is 2.82. The van der Waals surface area contributed by atoms with Crippen LogP contribution in [0.4, 0.5) is 0 Å². The van der Waals surface area contributed by atoms with Crippen LogP contribution >= 0.6 is 0 Å². The number of methoxy groups -OCH3 is 2.